The third-order valence-corrected chi connectivity index (χ3v) is 3.94. The van der Waals surface area contributed by atoms with Gasteiger partial charge in [-0.25, -0.2) is 12.8 Å². The van der Waals surface area contributed by atoms with Gasteiger partial charge in [0.2, 0.25) is 10.0 Å². The van der Waals surface area contributed by atoms with Crippen LogP contribution in [0.1, 0.15) is 12.0 Å². The summed E-state index contributed by atoms with van der Waals surface area (Å²) in [6, 6.07) is 1.82. The monoisotopic (exact) mass is 291 g/mol. The predicted molar refractivity (Wildman–Crippen MR) is 64.6 cm³/mol. The Morgan fingerprint density at radius 1 is 1.47 bits per heavy atom. The Morgan fingerprint density at radius 3 is 2.58 bits per heavy atom. The second-order valence-electron chi connectivity index (χ2n) is 3.94. The minimum absolute atomic E-state index is 0.275. The summed E-state index contributed by atoms with van der Waals surface area (Å²) in [7, 11) is -4.15. The maximum atomic E-state index is 13.3. The highest BCUT2D eigenvalue weighted by atomic mass is 32.2. The average molecular weight is 291 g/mol. The summed E-state index contributed by atoms with van der Waals surface area (Å²) in [6.07, 6.45) is -0.275. The molecule has 0 aliphatic heterocycles. The number of hydrogen-bond donors (Lipinski definition) is 3. The van der Waals surface area contributed by atoms with Gasteiger partial charge in [0.25, 0.3) is 0 Å². The summed E-state index contributed by atoms with van der Waals surface area (Å²) >= 11 is 0. The molecule has 0 spiro atoms. The molecule has 106 valence electrons. The number of sulfonamides is 1. The Balaban J connectivity index is 3.03. The highest BCUT2D eigenvalue weighted by Gasteiger charge is 2.25. The van der Waals surface area contributed by atoms with Crippen LogP contribution in [0.15, 0.2) is 23.1 Å². The first kappa shape index (κ1) is 15.5. The standard InChI is InChI=1S/C11H14FNO5S/c1-7-2-3-8(6-9(7)12)19(17,18)13-10(4-5-14)11(15)16/h2-3,6,10,13-14H,4-5H2,1H3,(H,15,16)/t10-/m0/s1. The van der Waals surface area contributed by atoms with Crippen LogP contribution in [-0.4, -0.2) is 37.2 Å². The molecule has 0 bridgehead atoms. The predicted octanol–water partition coefficient (Wildman–Crippen LogP) is 0.248. The summed E-state index contributed by atoms with van der Waals surface area (Å²) in [5.41, 5.74) is 0.282. The molecular weight excluding hydrogens is 277 g/mol. The number of rotatable bonds is 6. The Morgan fingerprint density at radius 2 is 2.11 bits per heavy atom. The molecule has 1 aromatic rings. The Kier molecular flexibility index (Phi) is 4.98. The molecule has 0 fully saturated rings. The molecule has 1 rings (SSSR count). The highest BCUT2D eigenvalue weighted by molar-refractivity contribution is 7.89. The van der Waals surface area contributed by atoms with Crippen LogP contribution in [0.5, 0.6) is 0 Å². The number of carboxylic acids is 1. The van der Waals surface area contributed by atoms with E-state index in [0.717, 1.165) is 6.07 Å². The van der Waals surface area contributed by atoms with Crippen LogP contribution < -0.4 is 4.72 Å². The van der Waals surface area contributed by atoms with E-state index in [0.29, 0.717) is 0 Å². The fourth-order valence-electron chi connectivity index (χ4n) is 1.36. The van der Waals surface area contributed by atoms with Gasteiger partial charge in [-0.2, -0.15) is 4.72 Å². The quantitative estimate of drug-likeness (QED) is 0.697. The van der Waals surface area contributed by atoms with Gasteiger partial charge < -0.3 is 10.2 Å². The van der Waals surface area contributed by atoms with Gasteiger partial charge in [-0.3, -0.25) is 4.79 Å². The second-order valence-corrected chi connectivity index (χ2v) is 5.65. The SMILES string of the molecule is Cc1ccc(S(=O)(=O)N[C@@H](CCO)C(=O)O)cc1F. The topological polar surface area (TPSA) is 104 Å². The van der Waals surface area contributed by atoms with Crippen LogP contribution in [0, 0.1) is 12.7 Å². The molecule has 0 aliphatic carbocycles. The van der Waals surface area contributed by atoms with E-state index >= 15 is 0 Å². The molecule has 1 aromatic carbocycles. The second kappa shape index (κ2) is 6.09. The fourth-order valence-corrected chi connectivity index (χ4v) is 2.59. The molecule has 6 nitrogen and oxygen atoms in total. The zero-order valence-corrected chi connectivity index (χ0v) is 10.9. The van der Waals surface area contributed by atoms with Crippen molar-refractivity contribution in [3.8, 4) is 0 Å². The first-order valence-electron chi connectivity index (χ1n) is 5.40. The van der Waals surface area contributed by atoms with E-state index in [2.05, 4.69) is 0 Å². The zero-order chi connectivity index (χ0) is 14.6. The van der Waals surface area contributed by atoms with Crippen LogP contribution in [0.25, 0.3) is 0 Å². The zero-order valence-electron chi connectivity index (χ0n) is 10.1. The lowest BCUT2D eigenvalue weighted by Crippen LogP contribution is -2.41. The molecule has 19 heavy (non-hydrogen) atoms. The minimum Gasteiger partial charge on any atom is -0.480 e. The number of carbonyl (C=O) groups is 1. The van der Waals surface area contributed by atoms with E-state index in [1.54, 1.807) is 0 Å². The molecule has 0 amide bonds. The smallest absolute Gasteiger partial charge is 0.321 e. The van der Waals surface area contributed by atoms with Gasteiger partial charge in [-0.1, -0.05) is 6.07 Å². The van der Waals surface area contributed by atoms with Crippen molar-refractivity contribution >= 4 is 16.0 Å². The number of nitrogens with one attached hydrogen (secondary N) is 1. The van der Waals surface area contributed by atoms with Gasteiger partial charge in [0.1, 0.15) is 11.9 Å². The molecule has 0 heterocycles. The van der Waals surface area contributed by atoms with Crippen molar-refractivity contribution < 1.29 is 27.8 Å². The van der Waals surface area contributed by atoms with Crippen LogP contribution in [0.4, 0.5) is 4.39 Å². The van der Waals surface area contributed by atoms with E-state index in [9.17, 15) is 17.6 Å². The van der Waals surface area contributed by atoms with Gasteiger partial charge in [0, 0.05) is 6.61 Å². The molecule has 0 aromatic heterocycles. The molecule has 0 saturated carbocycles. The molecule has 0 radical (unpaired) electrons. The lowest BCUT2D eigenvalue weighted by Gasteiger charge is -2.13. The van der Waals surface area contributed by atoms with Crippen molar-refractivity contribution in [1.29, 1.82) is 0 Å². The van der Waals surface area contributed by atoms with Crippen LogP contribution in [-0.2, 0) is 14.8 Å². The number of aryl methyl sites for hydroxylation is 1. The number of halogens is 1. The lowest BCUT2D eigenvalue weighted by atomic mass is 10.2. The van der Waals surface area contributed by atoms with Crippen molar-refractivity contribution in [2.45, 2.75) is 24.3 Å². The van der Waals surface area contributed by atoms with Gasteiger partial charge in [-0.15, -0.1) is 0 Å². The number of aliphatic hydroxyl groups is 1. The molecule has 3 N–H and O–H groups in total. The van der Waals surface area contributed by atoms with Gasteiger partial charge in [-0.05, 0) is 31.0 Å². The van der Waals surface area contributed by atoms with Crippen LogP contribution >= 0.6 is 0 Å². The van der Waals surface area contributed by atoms with Crippen LogP contribution in [0.3, 0.4) is 0 Å². The summed E-state index contributed by atoms with van der Waals surface area (Å²) < 4.78 is 38.9. The number of benzene rings is 1. The summed E-state index contributed by atoms with van der Waals surface area (Å²) in [5, 5.41) is 17.5. The summed E-state index contributed by atoms with van der Waals surface area (Å²) in [4.78, 5) is 10.4. The number of hydrogen-bond acceptors (Lipinski definition) is 4. The van der Waals surface area contributed by atoms with Gasteiger partial charge >= 0.3 is 5.97 Å². The molecule has 0 aliphatic rings. The van der Waals surface area contributed by atoms with E-state index in [1.807, 2.05) is 4.72 Å². The molecule has 0 unspecified atom stereocenters. The maximum Gasteiger partial charge on any atom is 0.321 e. The third kappa shape index (κ3) is 3.98. The van der Waals surface area contributed by atoms with Crippen molar-refractivity contribution in [1.82, 2.24) is 4.72 Å². The maximum absolute atomic E-state index is 13.3. The van der Waals surface area contributed by atoms with E-state index in [4.69, 9.17) is 10.2 Å². The van der Waals surface area contributed by atoms with Crippen molar-refractivity contribution in [2.75, 3.05) is 6.61 Å². The van der Waals surface area contributed by atoms with Gasteiger partial charge in [0.15, 0.2) is 0 Å². The summed E-state index contributed by atoms with van der Waals surface area (Å²) in [5.74, 6) is -2.11. The molecular formula is C11H14FNO5S. The van der Waals surface area contributed by atoms with Crippen molar-refractivity contribution in [3.63, 3.8) is 0 Å². The summed E-state index contributed by atoms with van der Waals surface area (Å²) in [6.45, 7) is 0.993. The van der Waals surface area contributed by atoms with Gasteiger partial charge in [0.05, 0.1) is 4.90 Å². The lowest BCUT2D eigenvalue weighted by molar-refractivity contribution is -0.139. The Hall–Kier alpha value is -1.51. The Labute approximate surface area is 109 Å². The first-order chi connectivity index (χ1) is 8.77. The molecule has 1 atom stereocenters. The minimum atomic E-state index is -4.15. The average Bonchev–Trinajstić information content (AvgIpc) is 2.31. The van der Waals surface area contributed by atoms with Crippen molar-refractivity contribution in [3.05, 3.63) is 29.6 Å². The van der Waals surface area contributed by atoms with E-state index < -0.39 is 34.5 Å². The number of carboxylic acid groups (broad SMARTS) is 1. The molecule has 8 heteroatoms. The normalized spacial score (nSPS) is 13.2. The van der Waals surface area contributed by atoms with E-state index in [-0.39, 0.29) is 16.9 Å². The largest absolute Gasteiger partial charge is 0.480 e. The Bertz CT molecular complexity index is 572. The number of aliphatic hydroxyl groups excluding tert-OH is 1. The third-order valence-electron chi connectivity index (χ3n) is 2.47. The first-order valence-corrected chi connectivity index (χ1v) is 6.88. The van der Waals surface area contributed by atoms with Crippen molar-refractivity contribution in [2.24, 2.45) is 0 Å². The number of aliphatic carboxylic acids is 1. The van der Waals surface area contributed by atoms with E-state index in [1.165, 1.54) is 19.1 Å². The molecule has 0 saturated heterocycles. The van der Waals surface area contributed by atoms with Crippen LogP contribution in [0.2, 0.25) is 0 Å². The fraction of sp³-hybridized carbons (Fsp3) is 0.364. The highest BCUT2D eigenvalue weighted by Crippen LogP contribution is 2.14.